The highest BCUT2D eigenvalue weighted by Crippen LogP contribution is 2.46. The van der Waals surface area contributed by atoms with Crippen LogP contribution in [-0.4, -0.2) is 29.8 Å². The van der Waals surface area contributed by atoms with E-state index >= 15 is 0 Å². The first-order chi connectivity index (χ1) is 17.0. The first kappa shape index (κ1) is 22.8. The number of epoxide rings is 1. The minimum absolute atomic E-state index is 0.101. The number of ether oxygens (including phenoxy) is 3. The van der Waals surface area contributed by atoms with Crippen LogP contribution >= 0.6 is 0 Å². The Balaban J connectivity index is 1.30. The molecule has 6 rings (SSSR count). The van der Waals surface area contributed by atoms with Gasteiger partial charge in [0.25, 0.3) is 6.43 Å². The van der Waals surface area contributed by atoms with E-state index < -0.39 is 6.43 Å². The van der Waals surface area contributed by atoms with Gasteiger partial charge in [-0.1, -0.05) is 12.1 Å². The molecule has 0 bridgehead atoms. The molecule has 1 aliphatic heterocycles. The van der Waals surface area contributed by atoms with Gasteiger partial charge in [-0.25, -0.2) is 8.78 Å². The van der Waals surface area contributed by atoms with Gasteiger partial charge < -0.3 is 24.1 Å². The Kier molecular flexibility index (Phi) is 5.93. The summed E-state index contributed by atoms with van der Waals surface area (Å²) in [4.78, 5) is 0. The number of nitrogens with one attached hydrogen (secondary N) is 1. The van der Waals surface area contributed by atoms with Crippen LogP contribution in [0.4, 0.5) is 14.5 Å². The van der Waals surface area contributed by atoms with E-state index in [1.165, 1.54) is 12.8 Å². The fourth-order valence-electron chi connectivity index (χ4n) is 5.19. The van der Waals surface area contributed by atoms with Crippen LogP contribution in [0.1, 0.15) is 64.0 Å². The zero-order valence-electron chi connectivity index (χ0n) is 20.2. The highest BCUT2D eigenvalue weighted by molar-refractivity contribution is 5.93. The quantitative estimate of drug-likeness (QED) is 0.309. The molecule has 1 N–H and O–H groups in total. The Labute approximate surface area is 204 Å². The number of aromatic nitrogens is 1. The zero-order valence-corrected chi connectivity index (χ0v) is 20.2. The highest BCUT2D eigenvalue weighted by Gasteiger charge is 2.44. The molecule has 2 heterocycles. The van der Waals surface area contributed by atoms with Crippen molar-refractivity contribution in [2.75, 3.05) is 11.9 Å². The van der Waals surface area contributed by atoms with Crippen LogP contribution in [0, 0.1) is 5.92 Å². The summed E-state index contributed by atoms with van der Waals surface area (Å²) in [6, 6.07) is 13.4. The Morgan fingerprint density at radius 3 is 2.49 bits per heavy atom. The van der Waals surface area contributed by atoms with Gasteiger partial charge in [0.05, 0.1) is 29.5 Å². The molecular weight excluding hydrogens is 450 g/mol. The maximum atomic E-state index is 14.5. The third-order valence-corrected chi connectivity index (χ3v) is 7.54. The van der Waals surface area contributed by atoms with E-state index in [4.69, 9.17) is 14.2 Å². The monoisotopic (exact) mass is 482 g/mol. The van der Waals surface area contributed by atoms with E-state index in [0.717, 1.165) is 36.0 Å². The summed E-state index contributed by atoms with van der Waals surface area (Å²) in [5, 5.41) is 3.94. The molecule has 2 aromatic carbocycles. The number of nitrogens with zero attached hydrogens (tertiary/aromatic N) is 1. The molecule has 2 saturated carbocycles. The number of fused-ring (bicyclic) bond motifs is 1. The first-order valence-corrected chi connectivity index (χ1v) is 12.8. The van der Waals surface area contributed by atoms with Crippen molar-refractivity contribution < 1.29 is 23.0 Å². The molecule has 3 aromatic rings. The number of benzene rings is 2. The molecule has 5 nitrogen and oxygen atoms in total. The molecule has 1 aromatic heterocycles. The second kappa shape index (κ2) is 9.10. The molecular formula is C28H32F2N2O3. The van der Waals surface area contributed by atoms with E-state index in [-0.39, 0.29) is 30.2 Å². The lowest BCUT2D eigenvalue weighted by atomic mass is 9.92. The van der Waals surface area contributed by atoms with Crippen molar-refractivity contribution in [1.29, 1.82) is 0 Å². The fraction of sp³-hybridized carbons (Fsp3) is 0.500. The van der Waals surface area contributed by atoms with Gasteiger partial charge in [-0.15, -0.1) is 0 Å². The van der Waals surface area contributed by atoms with Gasteiger partial charge in [-0.05, 0) is 81.7 Å². The summed E-state index contributed by atoms with van der Waals surface area (Å²) >= 11 is 0. The van der Waals surface area contributed by atoms with Gasteiger partial charge in [0.15, 0.2) is 6.23 Å². The molecule has 2 aliphatic carbocycles. The zero-order chi connectivity index (χ0) is 24.1. The van der Waals surface area contributed by atoms with Crippen molar-refractivity contribution in [3.63, 3.8) is 0 Å². The third kappa shape index (κ3) is 4.40. The lowest BCUT2D eigenvalue weighted by Crippen LogP contribution is -2.18. The van der Waals surface area contributed by atoms with Crippen LogP contribution in [0.15, 0.2) is 42.5 Å². The number of halogens is 2. The van der Waals surface area contributed by atoms with Crippen molar-refractivity contribution in [3.05, 3.63) is 48.0 Å². The third-order valence-electron chi connectivity index (χ3n) is 7.54. The molecule has 7 heteroatoms. The number of hydrogen-bond donors (Lipinski definition) is 1. The van der Waals surface area contributed by atoms with Crippen molar-refractivity contribution in [1.82, 2.24) is 4.57 Å². The van der Waals surface area contributed by atoms with Crippen molar-refractivity contribution in [2.24, 2.45) is 5.92 Å². The van der Waals surface area contributed by atoms with Gasteiger partial charge in [-0.2, -0.15) is 0 Å². The molecule has 0 amide bonds. The Morgan fingerprint density at radius 2 is 1.86 bits per heavy atom. The number of rotatable bonds is 10. The summed E-state index contributed by atoms with van der Waals surface area (Å²) in [7, 11) is 0. The normalized spacial score (nSPS) is 22.9. The predicted octanol–water partition coefficient (Wildman–Crippen LogP) is 7.28. The Morgan fingerprint density at radius 1 is 1.09 bits per heavy atom. The molecule has 0 spiro atoms. The van der Waals surface area contributed by atoms with E-state index in [2.05, 4.69) is 16.8 Å². The van der Waals surface area contributed by atoms with Gasteiger partial charge in [0.1, 0.15) is 5.75 Å². The topological polar surface area (TPSA) is 47.9 Å². The summed E-state index contributed by atoms with van der Waals surface area (Å²) in [6.07, 6.45) is 2.83. The number of alkyl halides is 2. The molecule has 1 saturated heterocycles. The van der Waals surface area contributed by atoms with Crippen LogP contribution in [0.5, 0.6) is 5.75 Å². The van der Waals surface area contributed by atoms with Gasteiger partial charge >= 0.3 is 0 Å². The SMILES string of the molecule is CCOc1ccc2c(C(F)F)c(-c3ccc(NC4OC4OC(C)C4CC4)cc3)n(C3CCC3)c2c1. The molecule has 3 fully saturated rings. The lowest BCUT2D eigenvalue weighted by Gasteiger charge is -2.30. The van der Waals surface area contributed by atoms with E-state index in [1.54, 1.807) is 12.1 Å². The van der Waals surface area contributed by atoms with E-state index in [1.807, 2.05) is 37.3 Å². The first-order valence-electron chi connectivity index (χ1n) is 12.8. The number of anilines is 1. The summed E-state index contributed by atoms with van der Waals surface area (Å²) in [6.45, 7) is 4.56. The van der Waals surface area contributed by atoms with Crippen molar-refractivity contribution in [3.8, 4) is 17.0 Å². The second-order valence-electron chi connectivity index (χ2n) is 9.96. The van der Waals surface area contributed by atoms with E-state index in [9.17, 15) is 8.78 Å². The van der Waals surface area contributed by atoms with E-state index in [0.29, 0.717) is 29.4 Å². The molecule has 186 valence electrons. The van der Waals surface area contributed by atoms with Crippen LogP contribution in [0.3, 0.4) is 0 Å². The molecule has 3 aliphatic rings. The molecule has 3 unspecified atom stereocenters. The maximum absolute atomic E-state index is 14.5. The van der Waals surface area contributed by atoms with Crippen molar-refractivity contribution >= 4 is 16.6 Å². The van der Waals surface area contributed by atoms with Crippen LogP contribution in [0.2, 0.25) is 0 Å². The summed E-state index contributed by atoms with van der Waals surface area (Å²) in [5.74, 6) is 1.37. The molecule has 3 atom stereocenters. The van der Waals surface area contributed by atoms with Gasteiger partial charge in [0.2, 0.25) is 6.29 Å². The van der Waals surface area contributed by atoms with Crippen molar-refractivity contribution in [2.45, 2.75) is 77.0 Å². The summed E-state index contributed by atoms with van der Waals surface area (Å²) < 4.78 is 48.3. The second-order valence-corrected chi connectivity index (χ2v) is 9.96. The largest absolute Gasteiger partial charge is 0.494 e. The Hall–Kier alpha value is -2.64. The lowest BCUT2D eigenvalue weighted by molar-refractivity contribution is -0.0122. The minimum Gasteiger partial charge on any atom is -0.494 e. The highest BCUT2D eigenvalue weighted by atomic mass is 19.3. The van der Waals surface area contributed by atoms with Crippen LogP contribution < -0.4 is 10.1 Å². The van der Waals surface area contributed by atoms with Gasteiger partial charge in [-0.3, -0.25) is 0 Å². The van der Waals surface area contributed by atoms with Crippen LogP contribution in [0.25, 0.3) is 22.2 Å². The van der Waals surface area contributed by atoms with Gasteiger partial charge in [0, 0.05) is 23.2 Å². The summed E-state index contributed by atoms with van der Waals surface area (Å²) in [5.41, 5.74) is 3.21. The average molecular weight is 483 g/mol. The molecule has 35 heavy (non-hydrogen) atoms. The minimum atomic E-state index is -2.57. The standard InChI is InChI=1S/C28H32F2N2O3/c1-3-33-21-13-14-22-23(15-21)32(20-5-4-6-20)25(24(22)26(29)30)18-9-11-19(12-10-18)31-27-28(35-27)34-16(2)17-7-8-17/h9-17,20,26-28,31H,3-8H2,1-2H3. The predicted molar refractivity (Wildman–Crippen MR) is 132 cm³/mol. The average Bonchev–Trinajstić information content (AvgIpc) is 3.73. The molecule has 0 radical (unpaired) electrons. The smallest absolute Gasteiger partial charge is 0.266 e. The van der Waals surface area contributed by atoms with Crippen LogP contribution in [-0.2, 0) is 9.47 Å². The maximum Gasteiger partial charge on any atom is 0.266 e. The fourth-order valence-corrected chi connectivity index (χ4v) is 5.19. The Bertz CT molecular complexity index is 1200. The number of hydrogen-bond acceptors (Lipinski definition) is 4.